The van der Waals surface area contributed by atoms with Gasteiger partial charge in [-0.1, -0.05) is 55.0 Å². The minimum Gasteiger partial charge on any atom is -0.326 e. The van der Waals surface area contributed by atoms with E-state index in [1.54, 1.807) is 0 Å². The quantitative estimate of drug-likeness (QED) is 0.875. The van der Waals surface area contributed by atoms with Gasteiger partial charge in [-0.05, 0) is 54.7 Å². The third-order valence-corrected chi connectivity index (χ3v) is 5.59. The molecular weight excluding hydrogens is 282 g/mol. The lowest BCUT2D eigenvalue weighted by molar-refractivity contribution is -0.121. The van der Waals surface area contributed by atoms with Crippen LogP contribution in [0.15, 0.2) is 54.6 Å². The molecule has 23 heavy (non-hydrogen) atoms. The predicted octanol–water partition coefficient (Wildman–Crippen LogP) is 4.65. The highest BCUT2D eigenvalue weighted by molar-refractivity contribution is 5.93. The van der Waals surface area contributed by atoms with E-state index >= 15 is 0 Å². The zero-order chi connectivity index (χ0) is 15.6. The second kappa shape index (κ2) is 6.19. The molecule has 2 saturated carbocycles. The van der Waals surface area contributed by atoms with Crippen molar-refractivity contribution < 1.29 is 4.79 Å². The number of rotatable bonds is 4. The van der Waals surface area contributed by atoms with Crippen molar-refractivity contribution in [3.8, 4) is 0 Å². The lowest BCUT2D eigenvalue weighted by Gasteiger charge is -2.21. The molecular formula is C21H23NO. The number of carbonyl (C=O) groups excluding carboxylic acids is 1. The Bertz CT molecular complexity index is 694. The van der Waals surface area contributed by atoms with Crippen molar-refractivity contribution in [3.05, 3.63) is 65.7 Å². The standard InChI is InChI=1S/C21H23NO/c23-21(19-14-16-10-11-17(19)13-16)22-20-9-5-4-8-18(20)12-15-6-2-1-3-7-15/h1-9,16-17,19H,10-14H2,(H,22,23). The second-order valence-corrected chi connectivity index (χ2v) is 7.09. The van der Waals surface area contributed by atoms with Crippen LogP contribution in [-0.2, 0) is 11.2 Å². The van der Waals surface area contributed by atoms with E-state index < -0.39 is 0 Å². The number of anilines is 1. The van der Waals surface area contributed by atoms with Crippen LogP contribution in [0.25, 0.3) is 0 Å². The number of amides is 1. The van der Waals surface area contributed by atoms with E-state index in [-0.39, 0.29) is 11.8 Å². The van der Waals surface area contributed by atoms with Gasteiger partial charge in [0, 0.05) is 11.6 Å². The average molecular weight is 305 g/mol. The first-order valence-electron chi connectivity index (χ1n) is 8.72. The van der Waals surface area contributed by atoms with Crippen LogP contribution >= 0.6 is 0 Å². The average Bonchev–Trinajstić information content (AvgIpc) is 3.21. The van der Waals surface area contributed by atoms with Gasteiger partial charge in [-0.3, -0.25) is 4.79 Å². The van der Waals surface area contributed by atoms with Crippen LogP contribution in [0, 0.1) is 17.8 Å². The van der Waals surface area contributed by atoms with E-state index in [4.69, 9.17) is 0 Å². The molecule has 2 aromatic rings. The molecule has 0 aliphatic heterocycles. The van der Waals surface area contributed by atoms with Crippen molar-refractivity contribution in [2.24, 2.45) is 17.8 Å². The Kier molecular flexibility index (Phi) is 3.90. The van der Waals surface area contributed by atoms with E-state index in [1.807, 2.05) is 24.3 Å². The summed E-state index contributed by atoms with van der Waals surface area (Å²) in [6, 6.07) is 18.6. The SMILES string of the molecule is O=C(Nc1ccccc1Cc1ccccc1)C1CC2CCC1C2. The van der Waals surface area contributed by atoms with Crippen LogP contribution in [0.2, 0.25) is 0 Å². The molecule has 2 aromatic carbocycles. The third-order valence-electron chi connectivity index (χ3n) is 5.59. The van der Waals surface area contributed by atoms with Gasteiger partial charge in [0.25, 0.3) is 0 Å². The summed E-state index contributed by atoms with van der Waals surface area (Å²) in [6.07, 6.45) is 5.79. The largest absolute Gasteiger partial charge is 0.326 e. The van der Waals surface area contributed by atoms with E-state index in [1.165, 1.54) is 30.4 Å². The van der Waals surface area contributed by atoms with Crippen LogP contribution in [0.1, 0.15) is 36.8 Å². The Morgan fingerprint density at radius 3 is 2.48 bits per heavy atom. The third kappa shape index (κ3) is 3.03. The zero-order valence-electron chi connectivity index (χ0n) is 13.4. The van der Waals surface area contributed by atoms with Crippen LogP contribution in [0.5, 0.6) is 0 Å². The van der Waals surface area contributed by atoms with Gasteiger partial charge >= 0.3 is 0 Å². The van der Waals surface area contributed by atoms with Crippen LogP contribution < -0.4 is 5.32 Å². The Labute approximate surface area is 137 Å². The highest BCUT2D eigenvalue weighted by atomic mass is 16.1. The van der Waals surface area contributed by atoms with Crippen molar-refractivity contribution in [1.82, 2.24) is 0 Å². The van der Waals surface area contributed by atoms with Gasteiger partial charge < -0.3 is 5.32 Å². The molecule has 2 aliphatic carbocycles. The van der Waals surface area contributed by atoms with Crippen LogP contribution in [0.3, 0.4) is 0 Å². The van der Waals surface area contributed by atoms with Crippen molar-refractivity contribution in [3.63, 3.8) is 0 Å². The van der Waals surface area contributed by atoms with E-state index in [0.717, 1.165) is 24.4 Å². The topological polar surface area (TPSA) is 29.1 Å². The molecule has 118 valence electrons. The first-order valence-corrected chi connectivity index (χ1v) is 8.72. The van der Waals surface area contributed by atoms with E-state index in [9.17, 15) is 4.79 Å². The van der Waals surface area contributed by atoms with Gasteiger partial charge in [-0.25, -0.2) is 0 Å². The molecule has 2 heteroatoms. The maximum absolute atomic E-state index is 12.7. The minimum absolute atomic E-state index is 0.234. The van der Waals surface area contributed by atoms with Gasteiger partial charge in [-0.15, -0.1) is 0 Å². The number of carbonyl (C=O) groups is 1. The summed E-state index contributed by atoms with van der Waals surface area (Å²) in [5.41, 5.74) is 3.44. The molecule has 0 spiro atoms. The molecule has 2 nitrogen and oxygen atoms in total. The van der Waals surface area contributed by atoms with Crippen LogP contribution in [0.4, 0.5) is 5.69 Å². The number of fused-ring (bicyclic) bond motifs is 2. The maximum Gasteiger partial charge on any atom is 0.227 e. The summed E-state index contributed by atoms with van der Waals surface area (Å²) in [7, 11) is 0. The molecule has 0 radical (unpaired) electrons. The fourth-order valence-corrected chi connectivity index (χ4v) is 4.40. The summed E-state index contributed by atoms with van der Waals surface area (Å²) in [6.45, 7) is 0. The highest BCUT2D eigenvalue weighted by Crippen LogP contribution is 2.48. The smallest absolute Gasteiger partial charge is 0.227 e. The number of hydrogen-bond acceptors (Lipinski definition) is 1. The lowest BCUT2D eigenvalue weighted by atomic mass is 9.88. The van der Waals surface area contributed by atoms with Crippen molar-refractivity contribution in [2.45, 2.75) is 32.1 Å². The van der Waals surface area contributed by atoms with Gasteiger partial charge in [-0.2, -0.15) is 0 Å². The molecule has 0 saturated heterocycles. The van der Waals surface area contributed by atoms with Gasteiger partial charge in [0.1, 0.15) is 0 Å². The molecule has 2 fully saturated rings. The minimum atomic E-state index is 0.234. The predicted molar refractivity (Wildman–Crippen MR) is 93.3 cm³/mol. The van der Waals surface area contributed by atoms with Crippen molar-refractivity contribution in [2.75, 3.05) is 5.32 Å². The molecule has 2 aliphatic rings. The summed E-state index contributed by atoms with van der Waals surface area (Å²) >= 11 is 0. The number of para-hydroxylation sites is 1. The molecule has 0 aromatic heterocycles. The fraction of sp³-hybridized carbons (Fsp3) is 0.381. The number of hydrogen-bond donors (Lipinski definition) is 1. The van der Waals surface area contributed by atoms with E-state index in [2.05, 4.69) is 35.6 Å². The van der Waals surface area contributed by atoms with Gasteiger partial charge in [0.15, 0.2) is 0 Å². The molecule has 2 bridgehead atoms. The van der Waals surface area contributed by atoms with Gasteiger partial charge in [0.2, 0.25) is 5.91 Å². The molecule has 1 amide bonds. The zero-order valence-corrected chi connectivity index (χ0v) is 13.4. The molecule has 4 rings (SSSR count). The van der Waals surface area contributed by atoms with E-state index in [0.29, 0.717) is 5.92 Å². The van der Waals surface area contributed by atoms with Crippen LogP contribution in [-0.4, -0.2) is 5.91 Å². The lowest BCUT2D eigenvalue weighted by Crippen LogP contribution is -2.27. The molecule has 3 atom stereocenters. The first-order chi connectivity index (χ1) is 11.3. The number of benzene rings is 2. The normalized spacial score (nSPS) is 25.5. The molecule has 1 N–H and O–H groups in total. The molecule has 0 heterocycles. The summed E-state index contributed by atoms with van der Waals surface area (Å²) in [5.74, 6) is 1.90. The second-order valence-electron chi connectivity index (χ2n) is 7.09. The number of nitrogens with one attached hydrogen (secondary N) is 1. The Balaban J connectivity index is 1.49. The summed E-state index contributed by atoms with van der Waals surface area (Å²) < 4.78 is 0. The fourth-order valence-electron chi connectivity index (χ4n) is 4.40. The van der Waals surface area contributed by atoms with Gasteiger partial charge in [0.05, 0.1) is 0 Å². The molecule has 3 unspecified atom stereocenters. The van der Waals surface area contributed by atoms with Crippen molar-refractivity contribution >= 4 is 11.6 Å². The maximum atomic E-state index is 12.7. The summed E-state index contributed by atoms with van der Waals surface area (Å²) in [4.78, 5) is 12.7. The Hall–Kier alpha value is -2.09. The Morgan fingerprint density at radius 2 is 1.74 bits per heavy atom. The monoisotopic (exact) mass is 305 g/mol. The summed E-state index contributed by atoms with van der Waals surface area (Å²) in [5, 5.41) is 3.22. The van der Waals surface area contributed by atoms with Crippen molar-refractivity contribution in [1.29, 1.82) is 0 Å². The Morgan fingerprint density at radius 1 is 0.957 bits per heavy atom. The first kappa shape index (κ1) is 14.5. The highest BCUT2D eigenvalue weighted by Gasteiger charge is 2.43.